The summed E-state index contributed by atoms with van der Waals surface area (Å²) >= 11 is 0. The molecule has 0 bridgehead atoms. The fraction of sp³-hybridized carbons (Fsp3) is 0.304. The second-order valence-corrected chi connectivity index (χ2v) is 6.86. The van der Waals surface area contributed by atoms with E-state index in [9.17, 15) is 4.79 Å². The van der Waals surface area contributed by atoms with Gasteiger partial charge in [-0.2, -0.15) is 0 Å². The first kappa shape index (κ1) is 21.5. The number of aryl methyl sites for hydroxylation is 2. The average Bonchev–Trinajstić information content (AvgIpc) is 3.13. The lowest BCUT2D eigenvalue weighted by Crippen LogP contribution is -2.29. The van der Waals surface area contributed by atoms with Gasteiger partial charge in [0.05, 0.1) is 19.4 Å². The molecule has 0 aliphatic rings. The van der Waals surface area contributed by atoms with E-state index in [0.29, 0.717) is 24.7 Å². The zero-order valence-electron chi connectivity index (χ0n) is 17.7. The lowest BCUT2D eigenvalue weighted by molar-refractivity contribution is -0.266. The maximum atomic E-state index is 11.9. The molecule has 7 heteroatoms. The molecule has 158 valence electrons. The number of likely N-dealkylation sites (N-methyl/N-ethyl adjacent to an activating group) is 1. The molecule has 1 heterocycles. The molecule has 0 spiro atoms. The minimum Gasteiger partial charge on any atom is -0.493 e. The molecule has 0 aliphatic heterocycles. The first-order chi connectivity index (χ1) is 14.5. The predicted octanol–water partition coefficient (Wildman–Crippen LogP) is 4.12. The molecule has 0 atom stereocenters. The summed E-state index contributed by atoms with van der Waals surface area (Å²) in [6, 6.07) is 15.4. The summed E-state index contributed by atoms with van der Waals surface area (Å²) in [7, 11) is 3.04. The number of anilines is 1. The van der Waals surface area contributed by atoms with E-state index < -0.39 is 0 Å². The van der Waals surface area contributed by atoms with Gasteiger partial charge in [-0.25, -0.2) is 14.8 Å². The summed E-state index contributed by atoms with van der Waals surface area (Å²) in [5, 5.41) is 0. The van der Waals surface area contributed by atoms with Gasteiger partial charge in [-0.05, 0) is 50.2 Å². The Morgan fingerprint density at radius 2 is 1.77 bits per heavy atom. The monoisotopic (exact) mass is 410 g/mol. The minimum absolute atomic E-state index is 0.146. The standard InChI is InChI=1S/C23H26N2O5/c1-16-5-7-18(8-6-16)23-24-21(17(2)30-23)13-14-28-20-11-9-19(10-12-20)25(3)22(26)15-29-27-4/h5-12H,13-15H2,1-4H3. The summed E-state index contributed by atoms with van der Waals surface area (Å²) in [6.07, 6.45) is 0.635. The molecular formula is C23H26N2O5. The van der Waals surface area contributed by atoms with Crippen LogP contribution in [0.4, 0.5) is 5.69 Å². The highest BCUT2D eigenvalue weighted by Crippen LogP contribution is 2.23. The molecule has 0 aliphatic carbocycles. The molecule has 0 unspecified atom stereocenters. The van der Waals surface area contributed by atoms with Gasteiger partial charge < -0.3 is 14.1 Å². The second kappa shape index (κ2) is 10.0. The molecule has 0 N–H and O–H groups in total. The van der Waals surface area contributed by atoms with Gasteiger partial charge in [0.15, 0.2) is 6.61 Å². The lowest BCUT2D eigenvalue weighted by Gasteiger charge is -2.17. The van der Waals surface area contributed by atoms with Crippen LogP contribution in [0.25, 0.3) is 11.5 Å². The number of oxazole rings is 1. The van der Waals surface area contributed by atoms with Crippen LogP contribution in [0.15, 0.2) is 52.9 Å². The summed E-state index contributed by atoms with van der Waals surface area (Å²) in [4.78, 5) is 27.2. The summed E-state index contributed by atoms with van der Waals surface area (Å²) in [5.74, 6) is 1.92. The first-order valence-electron chi connectivity index (χ1n) is 9.66. The van der Waals surface area contributed by atoms with Crippen molar-refractivity contribution in [2.75, 3.05) is 32.3 Å². The average molecular weight is 410 g/mol. The van der Waals surface area contributed by atoms with E-state index >= 15 is 0 Å². The van der Waals surface area contributed by atoms with E-state index in [1.807, 2.05) is 62.4 Å². The number of hydrogen-bond acceptors (Lipinski definition) is 6. The van der Waals surface area contributed by atoms with E-state index in [0.717, 1.165) is 22.7 Å². The second-order valence-electron chi connectivity index (χ2n) is 6.86. The zero-order chi connectivity index (χ0) is 21.5. The fourth-order valence-electron chi connectivity index (χ4n) is 2.86. The van der Waals surface area contributed by atoms with Crippen LogP contribution in [0.5, 0.6) is 5.75 Å². The Hall–Kier alpha value is -3.16. The number of aromatic nitrogens is 1. The number of carbonyl (C=O) groups is 1. The molecular weight excluding hydrogens is 384 g/mol. The third kappa shape index (κ3) is 5.46. The molecule has 7 nitrogen and oxygen atoms in total. The maximum Gasteiger partial charge on any atom is 0.256 e. The van der Waals surface area contributed by atoms with Gasteiger partial charge in [-0.1, -0.05) is 17.7 Å². The summed E-state index contributed by atoms with van der Waals surface area (Å²) in [6.45, 7) is 4.28. The SMILES string of the molecule is COOCC(=O)N(C)c1ccc(OCCc2nc(-c3ccc(C)cc3)oc2C)cc1. The van der Waals surface area contributed by atoms with Gasteiger partial charge in [0.25, 0.3) is 5.91 Å². The van der Waals surface area contributed by atoms with E-state index in [-0.39, 0.29) is 12.5 Å². The molecule has 1 amide bonds. The lowest BCUT2D eigenvalue weighted by atomic mass is 10.1. The molecule has 0 radical (unpaired) electrons. The van der Waals surface area contributed by atoms with Crippen molar-refractivity contribution < 1.29 is 23.7 Å². The van der Waals surface area contributed by atoms with Crippen molar-refractivity contribution in [3.05, 3.63) is 65.5 Å². The van der Waals surface area contributed by atoms with Crippen LogP contribution in [0.1, 0.15) is 17.0 Å². The Morgan fingerprint density at radius 3 is 2.43 bits per heavy atom. The van der Waals surface area contributed by atoms with Gasteiger partial charge in [-0.3, -0.25) is 4.79 Å². The van der Waals surface area contributed by atoms with Crippen LogP contribution < -0.4 is 9.64 Å². The highest BCUT2D eigenvalue weighted by molar-refractivity contribution is 5.93. The quantitative estimate of drug-likeness (QED) is 0.390. The number of rotatable bonds is 9. The molecule has 3 rings (SSSR count). The summed E-state index contributed by atoms with van der Waals surface area (Å²) < 4.78 is 11.6. The molecule has 0 saturated carbocycles. The normalized spacial score (nSPS) is 10.8. The van der Waals surface area contributed by atoms with Crippen LogP contribution in [0.2, 0.25) is 0 Å². The van der Waals surface area contributed by atoms with Crippen molar-refractivity contribution in [3.8, 4) is 17.2 Å². The number of amides is 1. The van der Waals surface area contributed by atoms with Crippen LogP contribution in [0, 0.1) is 13.8 Å². The highest BCUT2D eigenvalue weighted by Gasteiger charge is 2.13. The van der Waals surface area contributed by atoms with Crippen molar-refractivity contribution in [3.63, 3.8) is 0 Å². The first-order valence-corrected chi connectivity index (χ1v) is 9.66. The molecule has 0 fully saturated rings. The van der Waals surface area contributed by atoms with Crippen molar-refractivity contribution in [2.45, 2.75) is 20.3 Å². The third-order valence-electron chi connectivity index (χ3n) is 4.70. The van der Waals surface area contributed by atoms with Crippen molar-refractivity contribution in [1.82, 2.24) is 4.98 Å². The fourth-order valence-corrected chi connectivity index (χ4v) is 2.86. The van der Waals surface area contributed by atoms with E-state index in [1.165, 1.54) is 17.6 Å². The third-order valence-corrected chi connectivity index (χ3v) is 4.70. The predicted molar refractivity (Wildman–Crippen MR) is 113 cm³/mol. The largest absolute Gasteiger partial charge is 0.493 e. The van der Waals surface area contributed by atoms with Crippen LogP contribution in [0.3, 0.4) is 0 Å². The van der Waals surface area contributed by atoms with E-state index in [1.54, 1.807) is 7.05 Å². The van der Waals surface area contributed by atoms with Crippen molar-refractivity contribution in [2.24, 2.45) is 0 Å². The Morgan fingerprint density at radius 1 is 1.07 bits per heavy atom. The maximum absolute atomic E-state index is 11.9. The van der Waals surface area contributed by atoms with Crippen LogP contribution in [-0.4, -0.2) is 38.3 Å². The Kier molecular flexibility index (Phi) is 7.21. The highest BCUT2D eigenvalue weighted by atomic mass is 17.2. The number of benzene rings is 2. The van der Waals surface area contributed by atoms with Gasteiger partial charge in [0.1, 0.15) is 11.5 Å². The smallest absolute Gasteiger partial charge is 0.256 e. The molecule has 30 heavy (non-hydrogen) atoms. The topological polar surface area (TPSA) is 74.0 Å². The number of ether oxygens (including phenoxy) is 1. The number of nitrogens with zero attached hydrogens (tertiary/aromatic N) is 2. The van der Waals surface area contributed by atoms with Crippen molar-refractivity contribution >= 4 is 11.6 Å². The van der Waals surface area contributed by atoms with Gasteiger partial charge in [0, 0.05) is 24.7 Å². The Balaban J connectivity index is 1.54. The van der Waals surface area contributed by atoms with E-state index in [4.69, 9.17) is 9.15 Å². The summed E-state index contributed by atoms with van der Waals surface area (Å²) in [5.41, 5.74) is 3.77. The molecule has 1 aromatic heterocycles. The van der Waals surface area contributed by atoms with Gasteiger partial charge in [0.2, 0.25) is 5.89 Å². The van der Waals surface area contributed by atoms with Crippen LogP contribution in [-0.2, 0) is 21.0 Å². The molecule has 3 aromatic rings. The number of hydrogen-bond donors (Lipinski definition) is 0. The Labute approximate surface area is 176 Å². The molecule has 2 aromatic carbocycles. The van der Waals surface area contributed by atoms with Gasteiger partial charge >= 0.3 is 0 Å². The zero-order valence-corrected chi connectivity index (χ0v) is 17.7. The minimum atomic E-state index is -0.212. The van der Waals surface area contributed by atoms with Gasteiger partial charge in [-0.15, -0.1) is 0 Å². The Bertz CT molecular complexity index is 964. The number of carbonyl (C=O) groups excluding carboxylic acids is 1. The van der Waals surface area contributed by atoms with E-state index in [2.05, 4.69) is 14.8 Å². The molecule has 0 saturated heterocycles. The van der Waals surface area contributed by atoms with Crippen LogP contribution >= 0.6 is 0 Å². The van der Waals surface area contributed by atoms with Crippen molar-refractivity contribution in [1.29, 1.82) is 0 Å².